The lowest BCUT2D eigenvalue weighted by atomic mass is 10.2. The van der Waals surface area contributed by atoms with Crippen molar-refractivity contribution in [1.29, 1.82) is 0 Å². The summed E-state index contributed by atoms with van der Waals surface area (Å²) in [6, 6.07) is 0. The van der Waals surface area contributed by atoms with Crippen molar-refractivity contribution in [2.45, 2.75) is 0 Å². The molecule has 0 saturated carbocycles. The molecule has 2 rings (SSSR count). The zero-order chi connectivity index (χ0) is 15.6. The highest BCUT2D eigenvalue weighted by atomic mass is 32.2. The Kier molecular flexibility index (Phi) is 4.12. The lowest BCUT2D eigenvalue weighted by molar-refractivity contribution is -0.147. The molecule has 0 bridgehead atoms. The van der Waals surface area contributed by atoms with Gasteiger partial charge in [-0.1, -0.05) is 0 Å². The van der Waals surface area contributed by atoms with Crippen LogP contribution in [-0.2, 0) is 24.3 Å². The topological polar surface area (TPSA) is 96.4 Å². The van der Waals surface area contributed by atoms with Crippen LogP contribution in [0.25, 0.3) is 0 Å². The Morgan fingerprint density at radius 2 is 2.10 bits per heavy atom. The molecule has 8 nitrogen and oxygen atoms in total. The third-order valence-corrected chi connectivity index (χ3v) is 4.05. The fourth-order valence-corrected chi connectivity index (χ4v) is 2.63. The van der Waals surface area contributed by atoms with Gasteiger partial charge < -0.3 is 14.5 Å². The number of carbonyl (C=O) groups is 2. The quantitative estimate of drug-likeness (QED) is 0.628. The van der Waals surface area contributed by atoms with Crippen molar-refractivity contribution >= 4 is 27.7 Å². The molecule has 0 atom stereocenters. The summed E-state index contributed by atoms with van der Waals surface area (Å²) in [6.07, 6.45) is 4.32. The molecule has 0 N–H and O–H groups in total. The summed E-state index contributed by atoms with van der Waals surface area (Å²) in [5.41, 5.74) is 0.236. The maximum atomic E-state index is 11.8. The minimum absolute atomic E-state index is 0.109. The van der Waals surface area contributed by atoms with E-state index >= 15 is 0 Å². The van der Waals surface area contributed by atoms with Crippen LogP contribution in [0, 0.1) is 0 Å². The molecule has 2 heterocycles. The van der Waals surface area contributed by atoms with E-state index in [-0.39, 0.29) is 36.2 Å². The number of likely N-dealkylation sites (N-methyl/N-ethyl adjacent to an activating group) is 1. The number of carbonyl (C=O) groups excluding carboxylic acids is 2. The normalized spacial score (nSPS) is 19.2. The SMILES string of the molecule is CN(C)C(=O)COC(=O)C1=CN2CCS(=O)(=O)N=C2C=C1. The van der Waals surface area contributed by atoms with E-state index in [0.717, 1.165) is 0 Å². The van der Waals surface area contributed by atoms with E-state index < -0.39 is 16.0 Å². The second-order valence-electron chi connectivity index (χ2n) is 4.71. The average molecular weight is 313 g/mol. The van der Waals surface area contributed by atoms with Gasteiger partial charge in [-0.25, -0.2) is 13.2 Å². The van der Waals surface area contributed by atoms with Crippen molar-refractivity contribution in [3.05, 3.63) is 23.9 Å². The van der Waals surface area contributed by atoms with E-state index in [4.69, 9.17) is 4.74 Å². The first-order valence-corrected chi connectivity index (χ1v) is 7.76. The molecule has 1 amide bonds. The molecule has 2 aliphatic heterocycles. The summed E-state index contributed by atoms with van der Waals surface area (Å²) in [5, 5.41) is 0. The smallest absolute Gasteiger partial charge is 0.340 e. The number of nitrogens with zero attached hydrogens (tertiary/aromatic N) is 3. The average Bonchev–Trinajstić information content (AvgIpc) is 2.42. The molecular weight excluding hydrogens is 298 g/mol. The van der Waals surface area contributed by atoms with E-state index in [2.05, 4.69) is 4.40 Å². The molecule has 0 spiro atoms. The summed E-state index contributed by atoms with van der Waals surface area (Å²) in [5.74, 6) is -0.811. The van der Waals surface area contributed by atoms with Gasteiger partial charge in [0.2, 0.25) is 0 Å². The van der Waals surface area contributed by atoms with Crippen molar-refractivity contribution in [3.63, 3.8) is 0 Å². The van der Waals surface area contributed by atoms with Crippen LogP contribution in [0.5, 0.6) is 0 Å². The monoisotopic (exact) mass is 313 g/mol. The maximum absolute atomic E-state index is 11.8. The summed E-state index contributed by atoms with van der Waals surface area (Å²) >= 11 is 0. The van der Waals surface area contributed by atoms with E-state index in [1.807, 2.05) is 0 Å². The van der Waals surface area contributed by atoms with Crippen LogP contribution >= 0.6 is 0 Å². The molecule has 114 valence electrons. The van der Waals surface area contributed by atoms with Gasteiger partial charge in [-0.05, 0) is 12.2 Å². The van der Waals surface area contributed by atoms with Crippen LogP contribution in [0.1, 0.15) is 0 Å². The predicted molar refractivity (Wildman–Crippen MR) is 74.8 cm³/mol. The minimum Gasteiger partial charge on any atom is -0.452 e. The molecule has 0 radical (unpaired) electrons. The summed E-state index contributed by atoms with van der Waals surface area (Å²) < 4.78 is 31.2. The fourth-order valence-electron chi connectivity index (χ4n) is 1.66. The van der Waals surface area contributed by atoms with Gasteiger partial charge >= 0.3 is 5.97 Å². The lowest BCUT2D eigenvalue weighted by Gasteiger charge is -2.26. The number of amides is 1. The van der Waals surface area contributed by atoms with Gasteiger partial charge in [-0.2, -0.15) is 0 Å². The number of fused-ring (bicyclic) bond motifs is 1. The van der Waals surface area contributed by atoms with Crippen molar-refractivity contribution in [2.75, 3.05) is 33.0 Å². The Hall–Kier alpha value is -2.16. The summed E-state index contributed by atoms with van der Waals surface area (Å²) in [6.45, 7) is -0.120. The van der Waals surface area contributed by atoms with Gasteiger partial charge in [0.1, 0.15) is 5.84 Å². The summed E-state index contributed by atoms with van der Waals surface area (Å²) in [4.78, 5) is 26.1. The number of ether oxygens (including phenoxy) is 1. The number of amidine groups is 1. The van der Waals surface area contributed by atoms with E-state index in [9.17, 15) is 18.0 Å². The van der Waals surface area contributed by atoms with Crippen LogP contribution in [0.4, 0.5) is 0 Å². The molecule has 0 aliphatic carbocycles. The molecular formula is C12H15N3O5S. The van der Waals surface area contributed by atoms with Crippen molar-refractivity contribution in [2.24, 2.45) is 4.40 Å². The first-order chi connectivity index (χ1) is 9.78. The third kappa shape index (κ3) is 3.69. The Bertz CT molecular complexity index is 660. The second kappa shape index (κ2) is 5.68. The van der Waals surface area contributed by atoms with Gasteiger partial charge in [-0.3, -0.25) is 4.79 Å². The third-order valence-electron chi connectivity index (χ3n) is 2.89. The highest BCUT2D eigenvalue weighted by molar-refractivity contribution is 7.90. The maximum Gasteiger partial charge on any atom is 0.340 e. The Labute approximate surface area is 122 Å². The van der Waals surface area contributed by atoms with Crippen molar-refractivity contribution < 1.29 is 22.7 Å². The van der Waals surface area contributed by atoms with Gasteiger partial charge in [0.25, 0.3) is 15.9 Å². The first-order valence-electron chi connectivity index (χ1n) is 6.15. The zero-order valence-corrected chi connectivity index (χ0v) is 12.5. The van der Waals surface area contributed by atoms with E-state index in [0.29, 0.717) is 0 Å². The van der Waals surface area contributed by atoms with Crippen LogP contribution in [0.15, 0.2) is 28.3 Å². The molecule has 2 aliphatic rings. The molecule has 0 aromatic heterocycles. The largest absolute Gasteiger partial charge is 0.452 e. The van der Waals surface area contributed by atoms with Crippen LogP contribution in [0.2, 0.25) is 0 Å². The van der Waals surface area contributed by atoms with Gasteiger partial charge in [0.15, 0.2) is 6.61 Å². The Balaban J connectivity index is 2.04. The molecule has 0 aromatic carbocycles. The zero-order valence-electron chi connectivity index (χ0n) is 11.6. The Morgan fingerprint density at radius 1 is 1.38 bits per heavy atom. The van der Waals surface area contributed by atoms with Crippen molar-refractivity contribution in [3.8, 4) is 0 Å². The minimum atomic E-state index is -3.42. The standard InChI is InChI=1S/C12H15N3O5S/c1-14(2)11(16)8-20-12(17)9-3-4-10-13-21(18,19)6-5-15(10)7-9/h3-4,7H,5-6,8H2,1-2H3. The van der Waals surface area contributed by atoms with Crippen molar-refractivity contribution in [1.82, 2.24) is 9.80 Å². The second-order valence-corrected chi connectivity index (χ2v) is 6.47. The van der Waals surface area contributed by atoms with Gasteiger partial charge in [0.05, 0.1) is 11.3 Å². The molecule has 0 unspecified atom stereocenters. The Morgan fingerprint density at radius 3 is 2.76 bits per heavy atom. The number of rotatable bonds is 3. The van der Waals surface area contributed by atoms with Crippen LogP contribution in [-0.4, -0.2) is 68.9 Å². The highest BCUT2D eigenvalue weighted by Crippen LogP contribution is 2.16. The predicted octanol–water partition coefficient (Wildman–Crippen LogP) is -0.885. The van der Waals surface area contributed by atoms with Gasteiger partial charge in [0, 0.05) is 26.8 Å². The molecule has 0 saturated heterocycles. The molecule has 0 aromatic rings. The summed E-state index contributed by atoms with van der Waals surface area (Å²) in [7, 11) is -0.298. The number of sulfonamides is 1. The highest BCUT2D eigenvalue weighted by Gasteiger charge is 2.25. The number of hydrogen-bond donors (Lipinski definition) is 0. The molecule has 21 heavy (non-hydrogen) atoms. The van der Waals surface area contributed by atoms with E-state index in [1.54, 1.807) is 19.0 Å². The molecule has 0 fully saturated rings. The number of hydrogen-bond acceptors (Lipinski definition) is 6. The van der Waals surface area contributed by atoms with Gasteiger partial charge in [-0.15, -0.1) is 4.40 Å². The lowest BCUT2D eigenvalue weighted by Crippen LogP contribution is -2.37. The van der Waals surface area contributed by atoms with Crippen LogP contribution < -0.4 is 0 Å². The van der Waals surface area contributed by atoms with Crippen LogP contribution in [0.3, 0.4) is 0 Å². The van der Waals surface area contributed by atoms with E-state index in [1.165, 1.54) is 23.3 Å². The fraction of sp³-hybridized carbons (Fsp3) is 0.417. The number of esters is 1. The molecule has 9 heteroatoms. The first kappa shape index (κ1) is 15.2.